The third-order valence-electron chi connectivity index (χ3n) is 1.87. The molecule has 3 heteroatoms. The van der Waals surface area contributed by atoms with Gasteiger partial charge in [0, 0.05) is 12.5 Å². The molecule has 0 saturated carbocycles. The Bertz CT molecular complexity index is 188. The molecule has 3 nitrogen and oxygen atoms in total. The van der Waals surface area contributed by atoms with Crippen LogP contribution in [0.5, 0.6) is 0 Å². The monoisotopic (exact) mass is 139 g/mol. The van der Waals surface area contributed by atoms with Gasteiger partial charge < -0.3 is 10.1 Å². The normalized spacial score (nSPS) is 36.6. The second kappa shape index (κ2) is 2.01. The van der Waals surface area contributed by atoms with Gasteiger partial charge in [0.2, 0.25) is 0 Å². The van der Waals surface area contributed by atoms with Crippen molar-refractivity contribution in [1.82, 2.24) is 5.32 Å². The molecule has 0 radical (unpaired) electrons. The highest BCUT2D eigenvalue weighted by Crippen LogP contribution is 2.18. The molecule has 2 bridgehead atoms. The Morgan fingerprint density at radius 3 is 3.40 bits per heavy atom. The van der Waals surface area contributed by atoms with Gasteiger partial charge in [-0.25, -0.2) is 4.79 Å². The molecule has 2 aliphatic rings. The Balaban J connectivity index is 2.16. The highest BCUT2D eigenvalue weighted by atomic mass is 16.6. The minimum Gasteiger partial charge on any atom is -0.442 e. The van der Waals surface area contributed by atoms with Gasteiger partial charge in [-0.15, -0.1) is 0 Å². The second-order valence-corrected chi connectivity index (χ2v) is 2.68. The molecular weight excluding hydrogens is 130 g/mol. The van der Waals surface area contributed by atoms with E-state index in [9.17, 15) is 4.79 Å². The predicted octanol–water partition coefficient (Wildman–Crippen LogP) is 0.813. The minimum atomic E-state index is -0.273. The molecule has 1 N–H and O–H groups in total. The average Bonchev–Trinajstić information content (AvgIpc) is 1.85. The number of hydrogen-bond donors (Lipinski definition) is 1. The van der Waals surface area contributed by atoms with Crippen LogP contribution in [-0.4, -0.2) is 18.2 Å². The Labute approximate surface area is 59.1 Å². The third-order valence-corrected chi connectivity index (χ3v) is 1.87. The van der Waals surface area contributed by atoms with E-state index < -0.39 is 0 Å². The smallest absolute Gasteiger partial charge is 0.407 e. The predicted molar refractivity (Wildman–Crippen MR) is 35.6 cm³/mol. The van der Waals surface area contributed by atoms with Gasteiger partial charge in [0.1, 0.15) is 6.10 Å². The van der Waals surface area contributed by atoms with Gasteiger partial charge in [0.15, 0.2) is 0 Å². The molecule has 0 aromatic heterocycles. The highest BCUT2D eigenvalue weighted by molar-refractivity contribution is 5.69. The zero-order valence-corrected chi connectivity index (χ0v) is 5.54. The maximum Gasteiger partial charge on any atom is 0.407 e. The summed E-state index contributed by atoms with van der Waals surface area (Å²) in [5.74, 6) is 0. The van der Waals surface area contributed by atoms with Crippen molar-refractivity contribution in [2.45, 2.75) is 25.0 Å². The summed E-state index contributed by atoms with van der Waals surface area (Å²) in [6.07, 6.45) is 5.65. The lowest BCUT2D eigenvalue weighted by atomic mass is 9.99. The Morgan fingerprint density at radius 1 is 1.70 bits per heavy atom. The molecule has 1 fully saturated rings. The second-order valence-electron chi connectivity index (χ2n) is 2.68. The summed E-state index contributed by atoms with van der Waals surface area (Å²) in [5.41, 5.74) is 0. The number of rotatable bonds is 0. The van der Waals surface area contributed by atoms with Crippen molar-refractivity contribution < 1.29 is 9.53 Å². The van der Waals surface area contributed by atoms with Crippen LogP contribution >= 0.6 is 0 Å². The van der Waals surface area contributed by atoms with Crippen LogP contribution < -0.4 is 5.32 Å². The van der Waals surface area contributed by atoms with Crippen molar-refractivity contribution in [2.75, 3.05) is 0 Å². The Kier molecular flexibility index (Phi) is 1.16. The first-order chi connectivity index (χ1) is 4.84. The molecule has 2 atom stereocenters. The van der Waals surface area contributed by atoms with E-state index in [1.165, 1.54) is 0 Å². The van der Waals surface area contributed by atoms with E-state index in [1.807, 2.05) is 6.08 Å². The zero-order chi connectivity index (χ0) is 6.97. The van der Waals surface area contributed by atoms with Crippen LogP contribution in [0.15, 0.2) is 12.2 Å². The summed E-state index contributed by atoms with van der Waals surface area (Å²) < 4.78 is 4.92. The van der Waals surface area contributed by atoms with E-state index in [-0.39, 0.29) is 12.2 Å². The number of nitrogens with one attached hydrogen (secondary N) is 1. The van der Waals surface area contributed by atoms with E-state index in [0.717, 1.165) is 12.8 Å². The van der Waals surface area contributed by atoms with E-state index in [1.54, 1.807) is 0 Å². The molecule has 0 aromatic carbocycles. The van der Waals surface area contributed by atoms with Crippen molar-refractivity contribution in [3.63, 3.8) is 0 Å². The number of fused-ring (bicyclic) bond motifs is 2. The van der Waals surface area contributed by atoms with Gasteiger partial charge in [0.05, 0.1) is 0 Å². The molecule has 1 aliphatic heterocycles. The third kappa shape index (κ3) is 0.875. The number of amides is 1. The first kappa shape index (κ1) is 5.77. The van der Waals surface area contributed by atoms with Crippen molar-refractivity contribution >= 4 is 6.09 Å². The lowest BCUT2D eigenvalue weighted by molar-refractivity contribution is 0.0785. The fourth-order valence-electron chi connectivity index (χ4n) is 1.39. The summed E-state index contributed by atoms with van der Waals surface area (Å²) in [4.78, 5) is 10.7. The van der Waals surface area contributed by atoms with Crippen LogP contribution in [0.2, 0.25) is 0 Å². The Hall–Kier alpha value is -0.990. The van der Waals surface area contributed by atoms with Gasteiger partial charge in [-0.05, 0) is 12.5 Å². The molecule has 0 spiro atoms. The lowest BCUT2D eigenvalue weighted by Crippen LogP contribution is -2.46. The molecular formula is C7H9NO2. The number of alkyl carbamates (subject to hydrolysis) is 1. The number of carbonyl (C=O) groups is 1. The summed E-state index contributed by atoms with van der Waals surface area (Å²) in [6.45, 7) is 0. The van der Waals surface area contributed by atoms with Crippen molar-refractivity contribution in [1.29, 1.82) is 0 Å². The van der Waals surface area contributed by atoms with E-state index in [4.69, 9.17) is 4.74 Å². The summed E-state index contributed by atoms with van der Waals surface area (Å²) >= 11 is 0. The van der Waals surface area contributed by atoms with Gasteiger partial charge in [-0.1, -0.05) is 6.08 Å². The fourth-order valence-corrected chi connectivity index (χ4v) is 1.39. The van der Waals surface area contributed by atoms with Crippen LogP contribution in [0.25, 0.3) is 0 Å². The molecule has 1 aliphatic carbocycles. The molecule has 0 aromatic rings. The minimum absolute atomic E-state index is 0.0347. The lowest BCUT2D eigenvalue weighted by Gasteiger charge is -2.30. The average molecular weight is 139 g/mol. The molecule has 54 valence electrons. The fraction of sp³-hybridized carbons (Fsp3) is 0.571. The number of ether oxygens (including phenoxy) is 1. The van der Waals surface area contributed by atoms with Crippen molar-refractivity contribution in [3.8, 4) is 0 Å². The molecule has 10 heavy (non-hydrogen) atoms. The first-order valence-electron chi connectivity index (χ1n) is 3.48. The molecule has 1 amide bonds. The van der Waals surface area contributed by atoms with Crippen molar-refractivity contribution in [3.05, 3.63) is 12.2 Å². The van der Waals surface area contributed by atoms with Crippen LogP contribution in [-0.2, 0) is 4.74 Å². The maximum absolute atomic E-state index is 10.7. The SMILES string of the molecule is O=C1N[C@@H]2CC=C[C@@H](C2)O1. The van der Waals surface area contributed by atoms with Gasteiger partial charge in [0.25, 0.3) is 0 Å². The first-order valence-corrected chi connectivity index (χ1v) is 3.48. The van der Waals surface area contributed by atoms with Crippen molar-refractivity contribution in [2.24, 2.45) is 0 Å². The quantitative estimate of drug-likeness (QED) is 0.504. The van der Waals surface area contributed by atoms with Gasteiger partial charge in [-0.2, -0.15) is 0 Å². The maximum atomic E-state index is 10.7. The summed E-state index contributed by atoms with van der Waals surface area (Å²) in [6, 6.07) is 0.316. The highest BCUT2D eigenvalue weighted by Gasteiger charge is 2.27. The molecule has 2 rings (SSSR count). The zero-order valence-electron chi connectivity index (χ0n) is 5.54. The topological polar surface area (TPSA) is 38.3 Å². The Morgan fingerprint density at radius 2 is 2.60 bits per heavy atom. The summed E-state index contributed by atoms with van der Waals surface area (Å²) in [5, 5.41) is 2.74. The van der Waals surface area contributed by atoms with Crippen LogP contribution in [0, 0.1) is 0 Å². The molecule has 1 heterocycles. The molecule has 0 unspecified atom stereocenters. The van der Waals surface area contributed by atoms with Crippen LogP contribution in [0.4, 0.5) is 4.79 Å². The number of hydrogen-bond acceptors (Lipinski definition) is 2. The number of carbonyl (C=O) groups excluding carboxylic acids is 1. The van der Waals surface area contributed by atoms with E-state index in [0.29, 0.717) is 6.04 Å². The summed E-state index contributed by atoms with van der Waals surface area (Å²) in [7, 11) is 0. The largest absolute Gasteiger partial charge is 0.442 e. The van der Waals surface area contributed by atoms with E-state index >= 15 is 0 Å². The van der Waals surface area contributed by atoms with Crippen LogP contribution in [0.1, 0.15) is 12.8 Å². The standard InChI is InChI=1S/C7H9NO2/c9-7-8-5-2-1-3-6(4-5)10-7/h1,3,5-6H,2,4H2,(H,8,9)/t5-,6+/m1/s1. The van der Waals surface area contributed by atoms with Crippen LogP contribution in [0.3, 0.4) is 0 Å². The van der Waals surface area contributed by atoms with Gasteiger partial charge >= 0.3 is 6.09 Å². The van der Waals surface area contributed by atoms with E-state index in [2.05, 4.69) is 11.4 Å². The molecule has 1 saturated heterocycles. The van der Waals surface area contributed by atoms with Gasteiger partial charge in [-0.3, -0.25) is 0 Å².